The van der Waals surface area contributed by atoms with Crippen LogP contribution < -0.4 is 4.74 Å². The van der Waals surface area contributed by atoms with Crippen LogP contribution in [0, 0.1) is 0 Å². The molecule has 100 valence electrons. The lowest BCUT2D eigenvalue weighted by molar-refractivity contribution is 0.0481. The normalized spacial score (nSPS) is 10.3. The summed E-state index contributed by atoms with van der Waals surface area (Å²) >= 11 is 3.36. The van der Waals surface area contributed by atoms with E-state index in [0.29, 0.717) is 11.3 Å². The first-order valence-electron chi connectivity index (χ1n) is 5.50. The predicted molar refractivity (Wildman–Crippen MR) is 69.9 cm³/mol. The molecular weight excluding hydrogens is 316 g/mol. The summed E-state index contributed by atoms with van der Waals surface area (Å²) < 4.78 is 15.9. The fourth-order valence-corrected chi connectivity index (χ4v) is 1.96. The molecule has 0 radical (unpaired) electrons. The molecule has 0 aliphatic heterocycles. The van der Waals surface area contributed by atoms with Crippen molar-refractivity contribution in [3.63, 3.8) is 0 Å². The van der Waals surface area contributed by atoms with Crippen molar-refractivity contribution in [2.24, 2.45) is 0 Å². The second-order valence-electron chi connectivity index (χ2n) is 3.48. The van der Waals surface area contributed by atoms with Gasteiger partial charge < -0.3 is 13.9 Å². The Hall–Kier alpha value is -1.89. The standard InChI is InChI=1S/C12H11BrN2O4/c1-3-18-12(16)11-15-14-10(19-11)7-4-5-9(17-2)8(13)6-7/h4-6H,3H2,1-2H3. The third-order valence-electron chi connectivity index (χ3n) is 2.27. The lowest BCUT2D eigenvalue weighted by atomic mass is 10.2. The van der Waals surface area contributed by atoms with Gasteiger partial charge in [-0.3, -0.25) is 0 Å². The van der Waals surface area contributed by atoms with Gasteiger partial charge in [0, 0.05) is 5.56 Å². The van der Waals surface area contributed by atoms with E-state index >= 15 is 0 Å². The lowest BCUT2D eigenvalue weighted by Gasteiger charge is -2.03. The van der Waals surface area contributed by atoms with Crippen LogP contribution in [-0.4, -0.2) is 29.9 Å². The number of ether oxygens (including phenoxy) is 2. The molecule has 0 fully saturated rings. The molecule has 0 unspecified atom stereocenters. The van der Waals surface area contributed by atoms with Crippen molar-refractivity contribution >= 4 is 21.9 Å². The number of halogens is 1. The molecule has 0 saturated carbocycles. The van der Waals surface area contributed by atoms with Crippen LogP contribution in [0.2, 0.25) is 0 Å². The zero-order valence-electron chi connectivity index (χ0n) is 10.3. The highest BCUT2D eigenvalue weighted by Gasteiger charge is 2.17. The average molecular weight is 327 g/mol. The molecule has 0 saturated heterocycles. The predicted octanol–water partition coefficient (Wildman–Crippen LogP) is 2.68. The minimum Gasteiger partial charge on any atom is -0.496 e. The van der Waals surface area contributed by atoms with E-state index in [0.717, 1.165) is 4.47 Å². The number of rotatable bonds is 4. The summed E-state index contributed by atoms with van der Waals surface area (Å²) in [5.41, 5.74) is 0.677. The lowest BCUT2D eigenvalue weighted by Crippen LogP contribution is -2.04. The number of hydrogen-bond acceptors (Lipinski definition) is 6. The molecule has 0 N–H and O–H groups in total. The summed E-state index contributed by atoms with van der Waals surface area (Å²) in [6.07, 6.45) is 0. The second-order valence-corrected chi connectivity index (χ2v) is 4.34. The highest BCUT2D eigenvalue weighted by molar-refractivity contribution is 9.10. The van der Waals surface area contributed by atoms with Crippen LogP contribution in [0.25, 0.3) is 11.5 Å². The molecular formula is C12H11BrN2O4. The Morgan fingerprint density at radius 3 is 2.84 bits per heavy atom. The van der Waals surface area contributed by atoms with E-state index in [1.165, 1.54) is 0 Å². The van der Waals surface area contributed by atoms with Crippen LogP contribution >= 0.6 is 15.9 Å². The summed E-state index contributed by atoms with van der Waals surface area (Å²) in [7, 11) is 1.57. The van der Waals surface area contributed by atoms with Crippen LogP contribution in [-0.2, 0) is 4.74 Å². The smallest absolute Gasteiger partial charge is 0.396 e. The van der Waals surface area contributed by atoms with Gasteiger partial charge in [0.05, 0.1) is 18.2 Å². The van der Waals surface area contributed by atoms with Crippen molar-refractivity contribution in [2.45, 2.75) is 6.92 Å². The Balaban J connectivity index is 2.27. The van der Waals surface area contributed by atoms with E-state index in [1.54, 1.807) is 32.2 Å². The van der Waals surface area contributed by atoms with Crippen LogP contribution in [0.15, 0.2) is 27.1 Å². The van der Waals surface area contributed by atoms with Gasteiger partial charge in [-0.2, -0.15) is 0 Å². The first-order chi connectivity index (χ1) is 9.15. The molecule has 2 rings (SSSR count). The molecule has 1 heterocycles. The number of carbonyl (C=O) groups excluding carboxylic acids is 1. The second kappa shape index (κ2) is 5.83. The Bertz CT molecular complexity index is 597. The third kappa shape index (κ3) is 2.93. The zero-order chi connectivity index (χ0) is 13.8. The van der Waals surface area contributed by atoms with E-state index in [2.05, 4.69) is 26.1 Å². The SMILES string of the molecule is CCOC(=O)c1nnc(-c2ccc(OC)c(Br)c2)o1. The quantitative estimate of drug-likeness (QED) is 0.804. The van der Waals surface area contributed by atoms with Crippen molar-refractivity contribution in [1.29, 1.82) is 0 Å². The van der Waals surface area contributed by atoms with Crippen molar-refractivity contribution < 1.29 is 18.7 Å². The van der Waals surface area contributed by atoms with Crippen molar-refractivity contribution in [3.8, 4) is 17.2 Å². The molecule has 1 aromatic carbocycles. The molecule has 0 aliphatic rings. The van der Waals surface area contributed by atoms with Crippen molar-refractivity contribution in [2.75, 3.05) is 13.7 Å². The van der Waals surface area contributed by atoms with Crippen LogP contribution in [0.1, 0.15) is 17.6 Å². The molecule has 0 bridgehead atoms. The summed E-state index contributed by atoms with van der Waals surface area (Å²) in [5.74, 6) is 0.137. The Morgan fingerprint density at radius 2 is 2.21 bits per heavy atom. The van der Waals surface area contributed by atoms with Crippen LogP contribution in [0.4, 0.5) is 0 Å². The minimum atomic E-state index is -0.631. The number of carbonyl (C=O) groups is 1. The van der Waals surface area contributed by atoms with E-state index in [4.69, 9.17) is 13.9 Å². The summed E-state index contributed by atoms with van der Waals surface area (Å²) in [6, 6.07) is 5.28. The minimum absolute atomic E-state index is 0.163. The van der Waals surface area contributed by atoms with E-state index in [1.807, 2.05) is 0 Å². The number of aromatic nitrogens is 2. The van der Waals surface area contributed by atoms with Gasteiger partial charge in [-0.1, -0.05) is 0 Å². The number of benzene rings is 1. The van der Waals surface area contributed by atoms with Gasteiger partial charge in [0.2, 0.25) is 5.89 Å². The monoisotopic (exact) mass is 326 g/mol. The molecule has 0 aliphatic carbocycles. The highest BCUT2D eigenvalue weighted by atomic mass is 79.9. The first-order valence-corrected chi connectivity index (χ1v) is 6.29. The molecule has 1 aromatic heterocycles. The largest absolute Gasteiger partial charge is 0.496 e. The summed E-state index contributed by atoms with van der Waals surface area (Å²) in [4.78, 5) is 11.4. The Labute approximate surface area is 117 Å². The number of nitrogens with zero attached hydrogens (tertiary/aromatic N) is 2. The molecule has 2 aromatic rings. The van der Waals surface area contributed by atoms with Gasteiger partial charge in [-0.25, -0.2) is 4.79 Å². The van der Waals surface area contributed by atoms with Crippen molar-refractivity contribution in [1.82, 2.24) is 10.2 Å². The molecule has 7 heteroatoms. The van der Waals surface area contributed by atoms with Crippen LogP contribution in [0.3, 0.4) is 0 Å². The van der Waals surface area contributed by atoms with Crippen LogP contribution in [0.5, 0.6) is 5.75 Å². The number of esters is 1. The van der Waals surface area contributed by atoms with Gasteiger partial charge in [-0.15, -0.1) is 10.2 Å². The van der Waals surface area contributed by atoms with E-state index < -0.39 is 5.97 Å². The fourth-order valence-electron chi connectivity index (χ4n) is 1.41. The first kappa shape index (κ1) is 13.5. The topological polar surface area (TPSA) is 74.5 Å². The van der Waals surface area contributed by atoms with Gasteiger partial charge >= 0.3 is 11.9 Å². The van der Waals surface area contributed by atoms with Gasteiger partial charge in [0.15, 0.2) is 0 Å². The summed E-state index contributed by atoms with van der Waals surface area (Å²) in [5, 5.41) is 7.45. The molecule has 0 spiro atoms. The molecule has 0 amide bonds. The number of hydrogen-bond donors (Lipinski definition) is 0. The number of methoxy groups -OCH3 is 1. The van der Waals surface area contributed by atoms with Gasteiger partial charge in [0.1, 0.15) is 5.75 Å². The van der Waals surface area contributed by atoms with Crippen molar-refractivity contribution in [3.05, 3.63) is 28.6 Å². The molecule has 19 heavy (non-hydrogen) atoms. The maximum absolute atomic E-state index is 11.4. The summed E-state index contributed by atoms with van der Waals surface area (Å²) in [6.45, 7) is 1.96. The van der Waals surface area contributed by atoms with E-state index in [-0.39, 0.29) is 18.4 Å². The average Bonchev–Trinajstić information content (AvgIpc) is 2.88. The maximum atomic E-state index is 11.4. The molecule has 6 nitrogen and oxygen atoms in total. The van der Waals surface area contributed by atoms with Gasteiger partial charge in [0.25, 0.3) is 0 Å². The Morgan fingerprint density at radius 1 is 1.42 bits per heavy atom. The Kier molecular flexibility index (Phi) is 4.16. The zero-order valence-corrected chi connectivity index (χ0v) is 11.9. The third-order valence-corrected chi connectivity index (χ3v) is 2.89. The fraction of sp³-hybridized carbons (Fsp3) is 0.250. The highest BCUT2D eigenvalue weighted by Crippen LogP contribution is 2.29. The molecule has 0 atom stereocenters. The maximum Gasteiger partial charge on any atom is 0.396 e. The van der Waals surface area contributed by atoms with E-state index in [9.17, 15) is 4.79 Å². The van der Waals surface area contributed by atoms with Gasteiger partial charge in [-0.05, 0) is 41.1 Å².